The number of nitro benzene ring substituents is 1. The summed E-state index contributed by atoms with van der Waals surface area (Å²) in [5, 5.41) is 18.0. The Kier molecular flexibility index (Phi) is 3.43. The fraction of sp³-hybridized carbons (Fsp3) is 0.0769. The molecule has 1 aromatic carbocycles. The van der Waals surface area contributed by atoms with Crippen molar-refractivity contribution in [3.63, 3.8) is 0 Å². The van der Waals surface area contributed by atoms with Crippen LogP contribution in [0.15, 0.2) is 48.5 Å². The monoisotopic (exact) mass is 241 g/mol. The molecule has 0 radical (unpaired) electrons. The van der Waals surface area contributed by atoms with Gasteiger partial charge in [0.1, 0.15) is 5.49 Å². The fourth-order valence-corrected chi connectivity index (χ4v) is 1.59. The van der Waals surface area contributed by atoms with Gasteiger partial charge in [-0.3, -0.25) is 15.5 Å². The predicted molar refractivity (Wildman–Crippen MR) is 66.0 cm³/mol. The number of rotatable bonds is 3. The minimum Gasteiger partial charge on any atom is -0.283 e. The topological polar surface area (TPSA) is 79.9 Å². The van der Waals surface area contributed by atoms with Crippen LogP contribution in [0.5, 0.6) is 0 Å². The number of hydrogen-bond donors (Lipinski definition) is 1. The van der Waals surface area contributed by atoms with E-state index in [2.05, 4.69) is 4.98 Å². The van der Waals surface area contributed by atoms with Crippen LogP contribution in [0, 0.1) is 15.5 Å². The highest BCUT2D eigenvalue weighted by Gasteiger charge is 2.04. The summed E-state index contributed by atoms with van der Waals surface area (Å²) < 4.78 is 0. The number of non-ortho nitro benzene ring substituents is 1. The zero-order valence-corrected chi connectivity index (χ0v) is 9.54. The van der Waals surface area contributed by atoms with Gasteiger partial charge in [0, 0.05) is 24.2 Å². The van der Waals surface area contributed by atoms with Crippen molar-refractivity contribution in [1.82, 2.24) is 4.98 Å². The molecular weight excluding hydrogens is 230 g/mol. The molecule has 0 saturated carbocycles. The van der Waals surface area contributed by atoms with Crippen LogP contribution in [0.4, 0.5) is 5.69 Å². The third-order valence-electron chi connectivity index (χ3n) is 2.45. The van der Waals surface area contributed by atoms with E-state index < -0.39 is 4.92 Å². The second-order valence-electron chi connectivity index (χ2n) is 3.81. The van der Waals surface area contributed by atoms with Crippen LogP contribution in [-0.2, 0) is 6.42 Å². The van der Waals surface area contributed by atoms with E-state index in [4.69, 9.17) is 5.41 Å². The average Bonchev–Trinajstić information content (AvgIpc) is 2.54. The summed E-state index contributed by atoms with van der Waals surface area (Å²) in [7, 11) is 0. The Morgan fingerprint density at radius 1 is 1.11 bits per heavy atom. The first-order valence-electron chi connectivity index (χ1n) is 5.39. The van der Waals surface area contributed by atoms with Gasteiger partial charge in [0.15, 0.2) is 0 Å². The van der Waals surface area contributed by atoms with Gasteiger partial charge in [-0.25, -0.2) is 4.98 Å². The first kappa shape index (κ1) is 11.9. The highest BCUT2D eigenvalue weighted by atomic mass is 16.6. The predicted octanol–water partition coefficient (Wildman–Crippen LogP) is 2.06. The van der Waals surface area contributed by atoms with Crippen molar-refractivity contribution in [3.8, 4) is 0 Å². The van der Waals surface area contributed by atoms with Crippen molar-refractivity contribution in [3.05, 3.63) is 75.4 Å². The molecule has 1 aromatic heterocycles. The maximum Gasteiger partial charge on any atom is 0.269 e. The first-order valence-corrected chi connectivity index (χ1v) is 5.39. The van der Waals surface area contributed by atoms with Crippen LogP contribution in [0.1, 0.15) is 11.3 Å². The molecule has 0 aliphatic heterocycles. The Labute approximate surface area is 103 Å². The van der Waals surface area contributed by atoms with Gasteiger partial charge in [0.2, 0.25) is 0 Å². The van der Waals surface area contributed by atoms with E-state index in [9.17, 15) is 10.1 Å². The lowest BCUT2D eigenvalue weighted by Crippen LogP contribution is -2.03. The molecule has 0 aliphatic carbocycles. The Hall–Kier alpha value is -2.56. The van der Waals surface area contributed by atoms with Gasteiger partial charge in [-0.2, -0.15) is 0 Å². The zero-order valence-electron chi connectivity index (χ0n) is 9.54. The molecule has 0 fully saturated rings. The van der Waals surface area contributed by atoms with E-state index in [1.165, 1.54) is 12.1 Å². The molecule has 18 heavy (non-hydrogen) atoms. The molecule has 0 unspecified atom stereocenters. The second kappa shape index (κ2) is 5.18. The molecule has 0 saturated heterocycles. The summed E-state index contributed by atoms with van der Waals surface area (Å²) >= 11 is 0. The van der Waals surface area contributed by atoms with E-state index in [1.54, 1.807) is 24.3 Å². The zero-order chi connectivity index (χ0) is 13.0. The molecule has 5 nitrogen and oxygen atoms in total. The standard InChI is InChI=1S/C13H11N3O2/c14-13-4-2-1-3-11(15-13)9-10-5-7-12(8-6-10)16(17)18/h1-8,14H,9H2. The summed E-state index contributed by atoms with van der Waals surface area (Å²) in [4.78, 5) is 14.2. The quantitative estimate of drug-likeness (QED) is 0.659. The molecule has 0 aliphatic rings. The second-order valence-corrected chi connectivity index (χ2v) is 3.81. The summed E-state index contributed by atoms with van der Waals surface area (Å²) in [6, 6.07) is 13.4. The Morgan fingerprint density at radius 2 is 1.78 bits per heavy atom. The van der Waals surface area contributed by atoms with E-state index in [-0.39, 0.29) is 11.2 Å². The molecule has 0 bridgehead atoms. The highest BCUT2D eigenvalue weighted by Crippen LogP contribution is 2.13. The summed E-state index contributed by atoms with van der Waals surface area (Å²) in [5.41, 5.74) is 1.97. The van der Waals surface area contributed by atoms with Crippen LogP contribution in [0.2, 0.25) is 0 Å². The Morgan fingerprint density at radius 3 is 2.44 bits per heavy atom. The van der Waals surface area contributed by atoms with E-state index in [1.807, 2.05) is 12.1 Å². The SMILES string of the molecule is N=c1ccccc(Cc2ccc([N+](=O)[O-])cc2)n1. The lowest BCUT2D eigenvalue weighted by molar-refractivity contribution is -0.384. The van der Waals surface area contributed by atoms with Crippen LogP contribution in [-0.4, -0.2) is 9.91 Å². The third-order valence-corrected chi connectivity index (χ3v) is 2.45. The van der Waals surface area contributed by atoms with Crippen molar-refractivity contribution in [1.29, 1.82) is 5.41 Å². The van der Waals surface area contributed by atoms with Crippen molar-refractivity contribution in [2.24, 2.45) is 0 Å². The van der Waals surface area contributed by atoms with Gasteiger partial charge in [-0.1, -0.05) is 24.3 Å². The Balaban J connectivity index is 2.24. The van der Waals surface area contributed by atoms with Crippen LogP contribution >= 0.6 is 0 Å². The fourth-order valence-electron chi connectivity index (χ4n) is 1.59. The lowest BCUT2D eigenvalue weighted by atomic mass is 10.1. The molecule has 0 amide bonds. The summed E-state index contributed by atoms with van der Waals surface area (Å²) in [5.74, 6) is 0. The van der Waals surface area contributed by atoms with Gasteiger partial charge in [-0.15, -0.1) is 0 Å². The van der Waals surface area contributed by atoms with Gasteiger partial charge in [0.05, 0.1) is 4.92 Å². The van der Waals surface area contributed by atoms with Gasteiger partial charge < -0.3 is 0 Å². The normalized spacial score (nSPS) is 10.0. The maximum absolute atomic E-state index is 10.5. The number of hydrogen-bond acceptors (Lipinski definition) is 4. The summed E-state index contributed by atoms with van der Waals surface area (Å²) in [6.45, 7) is 0. The molecule has 5 heteroatoms. The molecule has 90 valence electrons. The smallest absolute Gasteiger partial charge is 0.269 e. The average molecular weight is 241 g/mol. The van der Waals surface area contributed by atoms with Gasteiger partial charge in [0.25, 0.3) is 5.69 Å². The minimum atomic E-state index is -0.424. The lowest BCUT2D eigenvalue weighted by Gasteiger charge is -1.98. The molecule has 2 rings (SSSR count). The van der Waals surface area contributed by atoms with E-state index in [0.29, 0.717) is 6.42 Å². The van der Waals surface area contributed by atoms with Crippen LogP contribution < -0.4 is 5.49 Å². The number of aromatic nitrogens is 1. The molecule has 0 spiro atoms. The number of nitrogens with one attached hydrogen (secondary N) is 1. The molecule has 1 N–H and O–H groups in total. The molecular formula is C13H11N3O2. The number of nitrogens with zero attached hydrogens (tertiary/aromatic N) is 2. The Bertz CT molecular complexity index is 624. The maximum atomic E-state index is 10.5. The number of benzene rings is 1. The van der Waals surface area contributed by atoms with Crippen molar-refractivity contribution in [2.75, 3.05) is 0 Å². The van der Waals surface area contributed by atoms with Crippen LogP contribution in [0.3, 0.4) is 0 Å². The highest BCUT2D eigenvalue weighted by molar-refractivity contribution is 5.34. The van der Waals surface area contributed by atoms with E-state index >= 15 is 0 Å². The first-order chi connectivity index (χ1) is 8.65. The summed E-state index contributed by atoms with van der Waals surface area (Å²) in [6.07, 6.45) is 0.554. The molecule has 2 aromatic rings. The third kappa shape index (κ3) is 2.98. The minimum absolute atomic E-state index is 0.0755. The molecule has 1 heterocycles. The largest absolute Gasteiger partial charge is 0.283 e. The van der Waals surface area contributed by atoms with Gasteiger partial charge in [-0.05, 0) is 17.7 Å². The van der Waals surface area contributed by atoms with Crippen LogP contribution in [0.25, 0.3) is 0 Å². The molecule has 0 atom stereocenters. The van der Waals surface area contributed by atoms with Crippen molar-refractivity contribution >= 4 is 5.69 Å². The van der Waals surface area contributed by atoms with Crippen molar-refractivity contribution in [2.45, 2.75) is 6.42 Å². The van der Waals surface area contributed by atoms with Crippen molar-refractivity contribution < 1.29 is 4.92 Å². The van der Waals surface area contributed by atoms with E-state index in [0.717, 1.165) is 11.3 Å². The number of nitro groups is 1. The van der Waals surface area contributed by atoms with Gasteiger partial charge >= 0.3 is 0 Å².